The van der Waals surface area contributed by atoms with Gasteiger partial charge in [-0.15, -0.1) is 0 Å². The van der Waals surface area contributed by atoms with Crippen molar-refractivity contribution < 1.29 is 4.79 Å². The number of pyridine rings is 1. The molecule has 0 atom stereocenters. The van der Waals surface area contributed by atoms with Crippen LogP contribution in [0.25, 0.3) is 0 Å². The Morgan fingerprint density at radius 1 is 1.32 bits per heavy atom. The number of nitrogens with two attached hydrogens (primary N) is 2. The van der Waals surface area contributed by atoms with Crippen molar-refractivity contribution in [3.05, 3.63) is 47.7 Å². The Bertz CT molecular complexity index is 625. The fourth-order valence-corrected chi connectivity index (χ4v) is 1.88. The van der Waals surface area contributed by atoms with Gasteiger partial charge in [-0.05, 0) is 30.7 Å². The van der Waals surface area contributed by atoms with Crippen LogP contribution in [0.15, 0.2) is 36.5 Å². The first-order valence-corrected chi connectivity index (χ1v) is 5.85. The van der Waals surface area contributed by atoms with E-state index in [4.69, 9.17) is 11.5 Å². The number of benzene rings is 1. The lowest BCUT2D eigenvalue weighted by atomic mass is 10.2. The Hall–Kier alpha value is -2.56. The molecular formula is C14H16N4O. The summed E-state index contributed by atoms with van der Waals surface area (Å²) >= 11 is 0. The first-order valence-electron chi connectivity index (χ1n) is 5.85. The van der Waals surface area contributed by atoms with Crippen LogP contribution in [0.2, 0.25) is 0 Å². The summed E-state index contributed by atoms with van der Waals surface area (Å²) in [7, 11) is 1.83. The molecule has 0 saturated carbocycles. The van der Waals surface area contributed by atoms with E-state index in [0.29, 0.717) is 17.1 Å². The standard InChI is InChI=1S/C14H16N4O/c1-9-4-3-5-11(6-9)18(2)14-12(13(16)19)7-10(15)8-17-14/h3-8H,15H2,1-2H3,(H2,16,19). The van der Waals surface area contributed by atoms with Gasteiger partial charge in [0.1, 0.15) is 5.82 Å². The normalized spacial score (nSPS) is 10.2. The third kappa shape index (κ3) is 2.65. The predicted octanol–water partition coefficient (Wildman–Crippen LogP) is 1.84. The third-order valence-corrected chi connectivity index (χ3v) is 2.86. The zero-order chi connectivity index (χ0) is 14.0. The maximum atomic E-state index is 11.5. The first kappa shape index (κ1) is 12.9. The fraction of sp³-hybridized carbons (Fsp3) is 0.143. The molecule has 0 radical (unpaired) electrons. The highest BCUT2D eigenvalue weighted by Crippen LogP contribution is 2.26. The smallest absolute Gasteiger partial charge is 0.252 e. The summed E-state index contributed by atoms with van der Waals surface area (Å²) in [5.74, 6) is -0.0541. The van der Waals surface area contributed by atoms with Crippen LogP contribution in [0.3, 0.4) is 0 Å². The van der Waals surface area contributed by atoms with E-state index in [1.807, 2.05) is 43.1 Å². The molecule has 5 nitrogen and oxygen atoms in total. The number of carbonyl (C=O) groups excluding carboxylic acids is 1. The van der Waals surface area contributed by atoms with Crippen LogP contribution in [0.5, 0.6) is 0 Å². The average molecular weight is 256 g/mol. The quantitative estimate of drug-likeness (QED) is 0.877. The second-order valence-corrected chi connectivity index (χ2v) is 4.40. The van der Waals surface area contributed by atoms with Gasteiger partial charge >= 0.3 is 0 Å². The van der Waals surface area contributed by atoms with E-state index in [1.54, 1.807) is 0 Å². The van der Waals surface area contributed by atoms with E-state index < -0.39 is 5.91 Å². The zero-order valence-electron chi connectivity index (χ0n) is 10.9. The number of rotatable bonds is 3. The second kappa shape index (κ2) is 4.97. The topological polar surface area (TPSA) is 85.2 Å². The number of aryl methyl sites for hydroxylation is 1. The first-order chi connectivity index (χ1) is 8.99. The van der Waals surface area contributed by atoms with Gasteiger partial charge < -0.3 is 16.4 Å². The van der Waals surface area contributed by atoms with Crippen molar-refractivity contribution in [3.63, 3.8) is 0 Å². The summed E-state index contributed by atoms with van der Waals surface area (Å²) in [6, 6.07) is 9.43. The van der Waals surface area contributed by atoms with Crippen LogP contribution in [-0.2, 0) is 0 Å². The van der Waals surface area contributed by atoms with Gasteiger partial charge in [-0.3, -0.25) is 4.79 Å². The summed E-state index contributed by atoms with van der Waals surface area (Å²) in [4.78, 5) is 17.5. The van der Waals surface area contributed by atoms with Crippen molar-refractivity contribution in [2.24, 2.45) is 5.73 Å². The minimum atomic E-state index is -0.547. The van der Waals surface area contributed by atoms with E-state index in [0.717, 1.165) is 11.3 Å². The molecule has 0 aliphatic carbocycles. The van der Waals surface area contributed by atoms with Crippen LogP contribution in [0.4, 0.5) is 17.2 Å². The van der Waals surface area contributed by atoms with Gasteiger partial charge in [0.05, 0.1) is 17.4 Å². The Kier molecular flexibility index (Phi) is 3.37. The molecule has 0 bridgehead atoms. The largest absolute Gasteiger partial charge is 0.397 e. The summed E-state index contributed by atoms with van der Waals surface area (Å²) in [6.45, 7) is 2.00. The molecule has 0 aliphatic heterocycles. The maximum Gasteiger partial charge on any atom is 0.252 e. The number of nitrogen functional groups attached to an aromatic ring is 1. The molecule has 5 heteroatoms. The number of carbonyl (C=O) groups is 1. The van der Waals surface area contributed by atoms with Crippen molar-refractivity contribution in [1.82, 2.24) is 4.98 Å². The van der Waals surface area contributed by atoms with Crippen LogP contribution in [0, 0.1) is 6.92 Å². The van der Waals surface area contributed by atoms with E-state index in [-0.39, 0.29) is 0 Å². The minimum absolute atomic E-state index is 0.309. The van der Waals surface area contributed by atoms with Crippen LogP contribution < -0.4 is 16.4 Å². The molecule has 2 rings (SSSR count). The molecule has 4 N–H and O–H groups in total. The number of hydrogen-bond acceptors (Lipinski definition) is 4. The predicted molar refractivity (Wildman–Crippen MR) is 76.4 cm³/mol. The molecule has 1 aromatic carbocycles. The van der Waals surface area contributed by atoms with Crippen LogP contribution in [0.1, 0.15) is 15.9 Å². The highest BCUT2D eigenvalue weighted by Gasteiger charge is 2.15. The molecule has 0 saturated heterocycles. The molecule has 98 valence electrons. The third-order valence-electron chi connectivity index (χ3n) is 2.86. The SMILES string of the molecule is Cc1cccc(N(C)c2ncc(N)cc2C(N)=O)c1. The van der Waals surface area contributed by atoms with Crippen molar-refractivity contribution in [3.8, 4) is 0 Å². The maximum absolute atomic E-state index is 11.5. The summed E-state index contributed by atoms with van der Waals surface area (Å²) < 4.78 is 0. The van der Waals surface area contributed by atoms with E-state index >= 15 is 0 Å². The molecular weight excluding hydrogens is 240 g/mol. The molecule has 0 aliphatic rings. The average Bonchev–Trinajstić information content (AvgIpc) is 2.37. The van der Waals surface area contributed by atoms with Gasteiger partial charge in [0.2, 0.25) is 0 Å². The Balaban J connectivity index is 2.49. The molecule has 2 aromatic rings. The molecule has 0 fully saturated rings. The van der Waals surface area contributed by atoms with Crippen molar-refractivity contribution in [2.45, 2.75) is 6.92 Å². The molecule has 1 aromatic heterocycles. The van der Waals surface area contributed by atoms with Gasteiger partial charge in [-0.2, -0.15) is 0 Å². The van der Waals surface area contributed by atoms with Gasteiger partial charge in [0.15, 0.2) is 0 Å². The lowest BCUT2D eigenvalue weighted by Gasteiger charge is -2.21. The number of aromatic nitrogens is 1. The van der Waals surface area contributed by atoms with Gasteiger partial charge in [0, 0.05) is 12.7 Å². The Labute approximate surface area is 111 Å². The summed E-state index contributed by atoms with van der Waals surface area (Å²) in [6.07, 6.45) is 1.51. The number of primary amides is 1. The number of amides is 1. The minimum Gasteiger partial charge on any atom is -0.397 e. The van der Waals surface area contributed by atoms with Gasteiger partial charge in [-0.25, -0.2) is 4.98 Å². The highest BCUT2D eigenvalue weighted by molar-refractivity contribution is 5.99. The Morgan fingerprint density at radius 3 is 2.68 bits per heavy atom. The van der Waals surface area contributed by atoms with Crippen molar-refractivity contribution in [1.29, 1.82) is 0 Å². The fourth-order valence-electron chi connectivity index (χ4n) is 1.88. The molecule has 1 heterocycles. The second-order valence-electron chi connectivity index (χ2n) is 4.40. The lowest BCUT2D eigenvalue weighted by molar-refractivity contribution is 0.100. The lowest BCUT2D eigenvalue weighted by Crippen LogP contribution is -2.20. The summed E-state index contributed by atoms with van der Waals surface area (Å²) in [5, 5.41) is 0. The highest BCUT2D eigenvalue weighted by atomic mass is 16.1. The zero-order valence-corrected chi connectivity index (χ0v) is 10.9. The number of anilines is 3. The summed E-state index contributed by atoms with van der Waals surface area (Å²) in [5.41, 5.74) is 13.8. The molecule has 0 unspecified atom stereocenters. The molecule has 1 amide bonds. The van der Waals surface area contributed by atoms with E-state index in [1.165, 1.54) is 12.3 Å². The molecule has 0 spiro atoms. The Morgan fingerprint density at radius 2 is 2.05 bits per heavy atom. The molecule has 19 heavy (non-hydrogen) atoms. The van der Waals surface area contributed by atoms with E-state index in [2.05, 4.69) is 4.98 Å². The van der Waals surface area contributed by atoms with E-state index in [9.17, 15) is 4.79 Å². The van der Waals surface area contributed by atoms with Crippen molar-refractivity contribution >= 4 is 23.1 Å². The monoisotopic (exact) mass is 256 g/mol. The van der Waals surface area contributed by atoms with Gasteiger partial charge in [-0.1, -0.05) is 12.1 Å². The van der Waals surface area contributed by atoms with Crippen molar-refractivity contribution in [2.75, 3.05) is 17.7 Å². The van der Waals surface area contributed by atoms with Crippen LogP contribution in [-0.4, -0.2) is 17.9 Å². The van der Waals surface area contributed by atoms with Gasteiger partial charge in [0.25, 0.3) is 5.91 Å². The number of nitrogens with zero attached hydrogens (tertiary/aromatic N) is 2. The number of hydrogen-bond donors (Lipinski definition) is 2. The van der Waals surface area contributed by atoms with Crippen LogP contribution >= 0.6 is 0 Å².